The fourth-order valence-electron chi connectivity index (χ4n) is 2.52. The first-order valence-electron chi connectivity index (χ1n) is 6.37. The van der Waals surface area contributed by atoms with Crippen LogP contribution in [0.5, 0.6) is 0 Å². The normalized spacial score (nSPS) is 14.7. The summed E-state index contributed by atoms with van der Waals surface area (Å²) in [4.78, 5) is 4.67. The fourth-order valence-corrected chi connectivity index (χ4v) is 3.52. The van der Waals surface area contributed by atoms with E-state index >= 15 is 0 Å². The molecule has 0 bridgehead atoms. The Morgan fingerprint density at radius 2 is 2.21 bits per heavy atom. The lowest BCUT2D eigenvalue weighted by molar-refractivity contribution is 0.586. The summed E-state index contributed by atoms with van der Waals surface area (Å²) in [5, 5.41) is 0. The lowest BCUT2D eigenvalue weighted by atomic mass is 10.2. The molecule has 0 aliphatic carbocycles. The van der Waals surface area contributed by atoms with Gasteiger partial charge in [0.15, 0.2) is 0 Å². The van der Waals surface area contributed by atoms with Crippen LogP contribution in [0.25, 0.3) is 11.0 Å². The molecule has 19 heavy (non-hydrogen) atoms. The number of aromatic nitrogens is 2. The minimum atomic E-state index is -0.824. The molecule has 2 aromatic rings. The summed E-state index contributed by atoms with van der Waals surface area (Å²) in [6.45, 7) is 4.17. The third-order valence-corrected chi connectivity index (χ3v) is 4.36. The second-order valence-electron chi connectivity index (χ2n) is 4.87. The van der Waals surface area contributed by atoms with E-state index < -0.39 is 10.8 Å². The van der Waals surface area contributed by atoms with Crippen molar-refractivity contribution in [3.05, 3.63) is 29.6 Å². The first kappa shape index (κ1) is 14.5. The summed E-state index contributed by atoms with van der Waals surface area (Å²) < 4.78 is 13.7. The first-order valence-corrected chi connectivity index (χ1v) is 8.63. The Hall–Kier alpha value is -0.870. The molecular weight excluding hydrogens is 280 g/mol. The molecule has 2 unspecified atom stereocenters. The molecular formula is C14H19ClN2OS. The minimum absolute atomic E-state index is 0.162. The van der Waals surface area contributed by atoms with Crippen LogP contribution in [0.1, 0.15) is 24.4 Å². The molecule has 1 aromatic heterocycles. The molecule has 0 saturated heterocycles. The van der Waals surface area contributed by atoms with E-state index in [4.69, 9.17) is 11.6 Å². The first-order chi connectivity index (χ1) is 9.04. The zero-order chi connectivity index (χ0) is 14.0. The number of alkyl halides is 1. The van der Waals surface area contributed by atoms with Crippen molar-refractivity contribution >= 4 is 33.4 Å². The van der Waals surface area contributed by atoms with Gasteiger partial charge in [0.05, 0.1) is 11.0 Å². The van der Waals surface area contributed by atoms with Gasteiger partial charge in [0, 0.05) is 41.2 Å². The number of imidazole rings is 1. The number of hydrogen-bond donors (Lipinski definition) is 0. The number of hydrogen-bond acceptors (Lipinski definition) is 2. The molecule has 1 aromatic carbocycles. The number of benzene rings is 1. The Morgan fingerprint density at radius 1 is 1.47 bits per heavy atom. The third kappa shape index (κ3) is 3.00. The van der Waals surface area contributed by atoms with Gasteiger partial charge in [0.1, 0.15) is 5.82 Å². The quantitative estimate of drug-likeness (QED) is 0.795. The van der Waals surface area contributed by atoms with Crippen LogP contribution < -0.4 is 0 Å². The van der Waals surface area contributed by atoms with Crippen molar-refractivity contribution in [1.82, 2.24) is 9.55 Å². The van der Waals surface area contributed by atoms with Crippen LogP contribution in [0.4, 0.5) is 0 Å². The van der Waals surface area contributed by atoms with Gasteiger partial charge in [-0.3, -0.25) is 4.21 Å². The van der Waals surface area contributed by atoms with Gasteiger partial charge in [0.2, 0.25) is 0 Å². The van der Waals surface area contributed by atoms with Gasteiger partial charge in [0.25, 0.3) is 0 Å². The summed E-state index contributed by atoms with van der Waals surface area (Å²) in [6, 6.07) is 6.28. The standard InChI is InChI=1S/C14H19ClN2OS/c1-10-5-4-6-12-14(10)17(11(2)9-19(3)18)13(16-12)7-8-15/h4-6,11H,7-9H2,1-3H3. The number of nitrogens with zero attached hydrogens (tertiary/aromatic N) is 2. The molecule has 1 heterocycles. The molecule has 104 valence electrons. The van der Waals surface area contributed by atoms with Gasteiger partial charge in [-0.05, 0) is 25.5 Å². The molecule has 0 radical (unpaired) electrons. The molecule has 0 amide bonds. The van der Waals surface area contributed by atoms with Crippen molar-refractivity contribution in [3.8, 4) is 0 Å². The summed E-state index contributed by atoms with van der Waals surface area (Å²) in [5.74, 6) is 2.16. The third-order valence-electron chi connectivity index (χ3n) is 3.22. The maximum Gasteiger partial charge on any atom is 0.111 e. The molecule has 0 aliphatic heterocycles. The highest BCUT2D eigenvalue weighted by Gasteiger charge is 2.17. The molecule has 2 rings (SSSR count). The van der Waals surface area contributed by atoms with E-state index in [2.05, 4.69) is 29.5 Å². The van der Waals surface area contributed by atoms with E-state index in [-0.39, 0.29) is 6.04 Å². The number of halogens is 1. The van der Waals surface area contributed by atoms with Gasteiger partial charge < -0.3 is 4.57 Å². The number of para-hydroxylation sites is 1. The molecule has 5 heteroatoms. The van der Waals surface area contributed by atoms with E-state index in [9.17, 15) is 4.21 Å². The Morgan fingerprint density at radius 3 is 2.84 bits per heavy atom. The molecule has 0 saturated carbocycles. The van der Waals surface area contributed by atoms with E-state index in [0.717, 1.165) is 23.3 Å². The van der Waals surface area contributed by atoms with E-state index in [1.165, 1.54) is 5.56 Å². The topological polar surface area (TPSA) is 34.9 Å². The van der Waals surface area contributed by atoms with Crippen molar-refractivity contribution in [3.63, 3.8) is 0 Å². The molecule has 0 fully saturated rings. The predicted molar refractivity (Wildman–Crippen MR) is 82.5 cm³/mol. The summed E-state index contributed by atoms with van der Waals surface area (Å²) in [5.41, 5.74) is 3.33. The van der Waals surface area contributed by atoms with Crippen molar-refractivity contribution in [2.24, 2.45) is 0 Å². The fraction of sp³-hybridized carbons (Fsp3) is 0.500. The summed E-state index contributed by atoms with van der Waals surface area (Å²) >= 11 is 5.87. The Balaban J connectivity index is 2.59. The van der Waals surface area contributed by atoms with Crippen molar-refractivity contribution in [2.45, 2.75) is 26.3 Å². The maximum atomic E-state index is 11.5. The Kier molecular flexibility index (Phi) is 4.63. The zero-order valence-electron chi connectivity index (χ0n) is 11.5. The molecule has 3 nitrogen and oxygen atoms in total. The SMILES string of the molecule is Cc1cccc2nc(CCCl)n(C(C)CS(C)=O)c12. The molecule has 0 aliphatic rings. The number of aryl methyl sites for hydroxylation is 2. The Bertz CT molecular complexity index is 609. The highest BCUT2D eigenvalue weighted by Crippen LogP contribution is 2.25. The van der Waals surface area contributed by atoms with Crippen LogP contribution in [-0.4, -0.2) is 31.6 Å². The zero-order valence-corrected chi connectivity index (χ0v) is 13.1. The van der Waals surface area contributed by atoms with Crippen molar-refractivity contribution in [2.75, 3.05) is 17.9 Å². The lowest BCUT2D eigenvalue weighted by Gasteiger charge is -2.17. The van der Waals surface area contributed by atoms with Gasteiger partial charge in [-0.2, -0.15) is 0 Å². The maximum absolute atomic E-state index is 11.5. The van der Waals surface area contributed by atoms with Gasteiger partial charge >= 0.3 is 0 Å². The van der Waals surface area contributed by atoms with E-state index in [0.29, 0.717) is 11.6 Å². The van der Waals surface area contributed by atoms with Crippen LogP contribution in [0.15, 0.2) is 18.2 Å². The van der Waals surface area contributed by atoms with Gasteiger partial charge in [-0.25, -0.2) is 4.98 Å². The van der Waals surface area contributed by atoms with Crippen LogP contribution in [0, 0.1) is 6.92 Å². The summed E-state index contributed by atoms with van der Waals surface area (Å²) in [7, 11) is -0.824. The van der Waals surface area contributed by atoms with E-state index in [1.54, 1.807) is 6.26 Å². The van der Waals surface area contributed by atoms with Crippen LogP contribution in [0.2, 0.25) is 0 Å². The highest BCUT2D eigenvalue weighted by molar-refractivity contribution is 7.84. The molecule has 0 spiro atoms. The van der Waals surface area contributed by atoms with E-state index in [1.807, 2.05) is 12.1 Å². The molecule has 2 atom stereocenters. The second-order valence-corrected chi connectivity index (χ2v) is 6.73. The van der Waals surface area contributed by atoms with Gasteiger partial charge in [-0.1, -0.05) is 12.1 Å². The highest BCUT2D eigenvalue weighted by atomic mass is 35.5. The number of fused-ring (bicyclic) bond motifs is 1. The predicted octanol–water partition coefficient (Wildman–Crippen LogP) is 3.07. The number of rotatable bonds is 5. The monoisotopic (exact) mass is 298 g/mol. The van der Waals surface area contributed by atoms with Gasteiger partial charge in [-0.15, -0.1) is 11.6 Å². The lowest BCUT2D eigenvalue weighted by Crippen LogP contribution is -2.16. The average molecular weight is 299 g/mol. The largest absolute Gasteiger partial charge is 0.324 e. The summed E-state index contributed by atoms with van der Waals surface area (Å²) in [6.07, 6.45) is 2.47. The average Bonchev–Trinajstić information content (AvgIpc) is 2.68. The van der Waals surface area contributed by atoms with Crippen LogP contribution >= 0.6 is 11.6 Å². The van der Waals surface area contributed by atoms with Crippen molar-refractivity contribution in [1.29, 1.82) is 0 Å². The van der Waals surface area contributed by atoms with Crippen LogP contribution in [0.3, 0.4) is 0 Å². The van der Waals surface area contributed by atoms with Crippen LogP contribution in [-0.2, 0) is 17.2 Å². The smallest absolute Gasteiger partial charge is 0.111 e. The van der Waals surface area contributed by atoms with Crippen molar-refractivity contribution < 1.29 is 4.21 Å². The Labute approximate surface area is 121 Å². The minimum Gasteiger partial charge on any atom is -0.324 e. The molecule has 0 N–H and O–H groups in total. The second kappa shape index (κ2) is 6.06.